The van der Waals surface area contributed by atoms with Crippen LogP contribution in [-0.4, -0.2) is 9.78 Å². The summed E-state index contributed by atoms with van der Waals surface area (Å²) in [6.45, 7) is 2.05. The van der Waals surface area contributed by atoms with Gasteiger partial charge in [-0.25, -0.2) is 0 Å². The van der Waals surface area contributed by atoms with Gasteiger partial charge < -0.3 is 0 Å². The maximum atomic E-state index is 4.38. The van der Waals surface area contributed by atoms with Gasteiger partial charge in [-0.05, 0) is 29.3 Å². The van der Waals surface area contributed by atoms with E-state index in [1.165, 1.54) is 21.9 Å². The summed E-state index contributed by atoms with van der Waals surface area (Å²) in [5, 5.41) is 6.93. The van der Waals surface area contributed by atoms with E-state index in [9.17, 15) is 0 Å². The summed E-state index contributed by atoms with van der Waals surface area (Å²) in [6.07, 6.45) is 2.07. The zero-order valence-corrected chi connectivity index (χ0v) is 10.0. The molecular weight excluding hydrogens is 208 g/mol. The van der Waals surface area contributed by atoms with Crippen LogP contribution in [0.3, 0.4) is 0 Å². The van der Waals surface area contributed by atoms with E-state index in [1.807, 2.05) is 18.7 Å². The fourth-order valence-electron chi connectivity index (χ4n) is 2.24. The highest BCUT2D eigenvalue weighted by Crippen LogP contribution is 2.26. The number of fused-ring (bicyclic) bond motifs is 1. The van der Waals surface area contributed by atoms with Gasteiger partial charge in [-0.15, -0.1) is 0 Å². The molecule has 0 saturated carbocycles. The molecule has 0 unspecified atom stereocenters. The number of hydrogen-bond acceptors (Lipinski definition) is 1. The molecule has 0 fully saturated rings. The molecule has 2 heteroatoms. The van der Waals surface area contributed by atoms with Gasteiger partial charge in [0.05, 0.1) is 5.69 Å². The van der Waals surface area contributed by atoms with Gasteiger partial charge >= 0.3 is 0 Å². The predicted octanol–water partition coefficient (Wildman–Crippen LogP) is 3.55. The highest BCUT2D eigenvalue weighted by molar-refractivity contribution is 5.87. The Labute approximate surface area is 101 Å². The molecular formula is C15H14N2. The first kappa shape index (κ1) is 10.1. The lowest BCUT2D eigenvalue weighted by Crippen LogP contribution is -1.86. The summed E-state index contributed by atoms with van der Waals surface area (Å²) in [4.78, 5) is 0. The van der Waals surface area contributed by atoms with Crippen LogP contribution >= 0.6 is 0 Å². The lowest BCUT2D eigenvalue weighted by atomic mass is 10.0. The predicted molar refractivity (Wildman–Crippen MR) is 70.9 cm³/mol. The number of benzene rings is 2. The Bertz CT molecular complexity index is 680. The molecule has 0 bridgehead atoms. The molecule has 0 spiro atoms. The van der Waals surface area contributed by atoms with Crippen molar-refractivity contribution in [1.29, 1.82) is 0 Å². The average molecular weight is 222 g/mol. The lowest BCUT2D eigenvalue weighted by Gasteiger charge is -2.02. The molecule has 3 aromatic rings. The van der Waals surface area contributed by atoms with Gasteiger partial charge in [0.1, 0.15) is 0 Å². The first-order valence-electron chi connectivity index (χ1n) is 5.73. The van der Waals surface area contributed by atoms with Crippen molar-refractivity contribution >= 4 is 10.8 Å². The molecule has 1 aromatic heterocycles. The van der Waals surface area contributed by atoms with E-state index in [0.29, 0.717) is 0 Å². The second-order valence-electron chi connectivity index (χ2n) is 4.36. The monoisotopic (exact) mass is 222 g/mol. The highest BCUT2D eigenvalue weighted by Gasteiger charge is 2.06. The van der Waals surface area contributed by atoms with Crippen LogP contribution in [0.25, 0.3) is 21.9 Å². The van der Waals surface area contributed by atoms with Crippen molar-refractivity contribution in [3.63, 3.8) is 0 Å². The van der Waals surface area contributed by atoms with Crippen molar-refractivity contribution in [2.75, 3.05) is 0 Å². The summed E-state index contributed by atoms with van der Waals surface area (Å²) in [6, 6.07) is 15.0. The van der Waals surface area contributed by atoms with Crippen molar-refractivity contribution in [3.8, 4) is 11.1 Å². The van der Waals surface area contributed by atoms with Crippen molar-refractivity contribution in [3.05, 3.63) is 54.4 Å². The molecule has 17 heavy (non-hydrogen) atoms. The van der Waals surface area contributed by atoms with Crippen LogP contribution in [0.5, 0.6) is 0 Å². The van der Waals surface area contributed by atoms with Crippen LogP contribution in [0.4, 0.5) is 0 Å². The molecule has 0 amide bonds. The fourth-order valence-corrected chi connectivity index (χ4v) is 2.24. The molecule has 84 valence electrons. The van der Waals surface area contributed by atoms with E-state index < -0.39 is 0 Å². The summed E-state index contributed by atoms with van der Waals surface area (Å²) in [5.41, 5.74) is 3.51. The minimum atomic E-state index is 1.07. The minimum absolute atomic E-state index is 1.07. The number of rotatable bonds is 1. The van der Waals surface area contributed by atoms with Gasteiger partial charge in [-0.3, -0.25) is 4.68 Å². The SMILES string of the molecule is Cc1nn(C)cc1-c1ccc2ccccc2c1. The minimum Gasteiger partial charge on any atom is -0.275 e. The zero-order chi connectivity index (χ0) is 11.8. The number of hydrogen-bond donors (Lipinski definition) is 0. The smallest absolute Gasteiger partial charge is 0.0671 e. The van der Waals surface area contributed by atoms with Crippen LogP contribution in [0, 0.1) is 6.92 Å². The summed E-state index contributed by atoms with van der Waals surface area (Å²) >= 11 is 0. The molecule has 0 radical (unpaired) electrons. The van der Waals surface area contributed by atoms with E-state index in [1.54, 1.807) is 0 Å². The molecule has 0 atom stereocenters. The van der Waals surface area contributed by atoms with Crippen molar-refractivity contribution < 1.29 is 0 Å². The largest absolute Gasteiger partial charge is 0.275 e. The van der Waals surface area contributed by atoms with Crippen LogP contribution in [0.1, 0.15) is 5.69 Å². The third kappa shape index (κ3) is 1.72. The molecule has 0 aliphatic carbocycles. The normalized spacial score (nSPS) is 10.9. The van der Waals surface area contributed by atoms with Gasteiger partial charge in [0, 0.05) is 18.8 Å². The van der Waals surface area contributed by atoms with Crippen LogP contribution in [0.15, 0.2) is 48.7 Å². The van der Waals surface area contributed by atoms with Gasteiger partial charge in [-0.2, -0.15) is 5.10 Å². The first-order valence-corrected chi connectivity index (χ1v) is 5.73. The number of nitrogens with zero attached hydrogens (tertiary/aromatic N) is 2. The third-order valence-corrected chi connectivity index (χ3v) is 3.07. The molecule has 0 saturated heterocycles. The Balaban J connectivity index is 2.21. The molecule has 0 aliphatic heterocycles. The Morgan fingerprint density at radius 1 is 1.00 bits per heavy atom. The summed E-state index contributed by atoms with van der Waals surface area (Å²) in [7, 11) is 1.96. The third-order valence-electron chi connectivity index (χ3n) is 3.07. The number of aryl methyl sites for hydroxylation is 2. The van der Waals surface area contributed by atoms with Crippen molar-refractivity contribution in [1.82, 2.24) is 9.78 Å². The zero-order valence-electron chi connectivity index (χ0n) is 10.0. The quantitative estimate of drug-likeness (QED) is 0.615. The van der Waals surface area contributed by atoms with E-state index in [0.717, 1.165) is 5.69 Å². The number of aromatic nitrogens is 2. The molecule has 2 aromatic carbocycles. The maximum absolute atomic E-state index is 4.38. The fraction of sp³-hybridized carbons (Fsp3) is 0.133. The second kappa shape index (κ2) is 3.74. The van der Waals surface area contributed by atoms with Crippen LogP contribution in [0.2, 0.25) is 0 Å². The lowest BCUT2D eigenvalue weighted by molar-refractivity contribution is 0.756. The highest BCUT2D eigenvalue weighted by atomic mass is 15.2. The Morgan fingerprint density at radius 2 is 1.76 bits per heavy atom. The maximum Gasteiger partial charge on any atom is 0.0671 e. The van der Waals surface area contributed by atoms with Gasteiger partial charge in [0.15, 0.2) is 0 Å². The van der Waals surface area contributed by atoms with E-state index in [2.05, 4.69) is 53.8 Å². The first-order chi connectivity index (χ1) is 8.24. The molecule has 2 nitrogen and oxygen atoms in total. The average Bonchev–Trinajstić information content (AvgIpc) is 2.68. The van der Waals surface area contributed by atoms with Crippen molar-refractivity contribution in [2.45, 2.75) is 6.92 Å². The molecule has 3 rings (SSSR count). The summed E-state index contributed by atoms with van der Waals surface area (Å²) in [5.74, 6) is 0. The van der Waals surface area contributed by atoms with Gasteiger partial charge in [0.25, 0.3) is 0 Å². The second-order valence-corrected chi connectivity index (χ2v) is 4.36. The van der Waals surface area contributed by atoms with E-state index in [4.69, 9.17) is 0 Å². The van der Waals surface area contributed by atoms with Gasteiger partial charge in [-0.1, -0.05) is 36.4 Å². The van der Waals surface area contributed by atoms with Gasteiger partial charge in [0.2, 0.25) is 0 Å². The van der Waals surface area contributed by atoms with E-state index >= 15 is 0 Å². The Morgan fingerprint density at radius 3 is 2.47 bits per heavy atom. The topological polar surface area (TPSA) is 17.8 Å². The van der Waals surface area contributed by atoms with Crippen molar-refractivity contribution in [2.24, 2.45) is 7.05 Å². The summed E-state index contributed by atoms with van der Waals surface area (Å²) < 4.78 is 1.86. The standard InChI is InChI=1S/C15H14N2/c1-11-15(10-17(2)16-11)14-8-7-12-5-3-4-6-13(12)9-14/h3-10H,1-2H3. The molecule has 0 N–H and O–H groups in total. The van der Waals surface area contributed by atoms with Crippen LogP contribution < -0.4 is 0 Å². The Hall–Kier alpha value is -2.09. The Kier molecular flexibility index (Phi) is 2.22. The molecule has 1 heterocycles. The van der Waals surface area contributed by atoms with Crippen LogP contribution in [-0.2, 0) is 7.05 Å². The van der Waals surface area contributed by atoms with E-state index in [-0.39, 0.29) is 0 Å². The molecule has 0 aliphatic rings.